The minimum atomic E-state index is -1.97. The van der Waals surface area contributed by atoms with E-state index >= 15 is 0 Å². The molecule has 3 aliphatic rings. The second kappa shape index (κ2) is 7.54. The first-order chi connectivity index (χ1) is 16.4. The van der Waals surface area contributed by atoms with Crippen LogP contribution in [-0.4, -0.2) is 64.8 Å². The van der Waals surface area contributed by atoms with Gasteiger partial charge in [0.25, 0.3) is 5.91 Å². The van der Waals surface area contributed by atoms with Crippen LogP contribution in [0.25, 0.3) is 0 Å². The van der Waals surface area contributed by atoms with Gasteiger partial charge in [-0.25, -0.2) is 4.79 Å². The van der Waals surface area contributed by atoms with Gasteiger partial charge in [-0.2, -0.15) is 0 Å². The summed E-state index contributed by atoms with van der Waals surface area (Å²) in [6, 6.07) is 3.85. The van der Waals surface area contributed by atoms with E-state index in [4.69, 9.17) is 28.4 Å². The summed E-state index contributed by atoms with van der Waals surface area (Å²) in [6.45, 7) is 0.247. The topological polar surface area (TPSA) is 110 Å². The summed E-state index contributed by atoms with van der Waals surface area (Å²) in [5.74, 6) is -0.976. The Balaban J connectivity index is 1.92. The van der Waals surface area contributed by atoms with Crippen molar-refractivity contribution < 1.29 is 42.8 Å². The molecule has 0 aromatic heterocycles. The maximum absolute atomic E-state index is 13.9. The first kappa shape index (κ1) is 21.9. The molecular formula is C24H23NO9. The summed E-state index contributed by atoms with van der Waals surface area (Å²) in [7, 11) is 6.93. The van der Waals surface area contributed by atoms with E-state index in [9.17, 15) is 14.4 Å². The molecular weight excluding hydrogens is 446 g/mol. The molecule has 2 aromatic rings. The monoisotopic (exact) mass is 469 g/mol. The normalized spacial score (nSPS) is 21.7. The molecule has 3 aliphatic heterocycles. The average Bonchev–Trinajstić information content (AvgIpc) is 2.86. The fourth-order valence-electron chi connectivity index (χ4n) is 5.45. The molecule has 2 atom stereocenters. The maximum Gasteiger partial charge on any atom is 0.336 e. The van der Waals surface area contributed by atoms with Crippen LogP contribution in [0.2, 0.25) is 0 Å². The summed E-state index contributed by atoms with van der Waals surface area (Å²) in [4.78, 5) is 42.7. The third-order valence-corrected chi connectivity index (χ3v) is 6.84. The Morgan fingerprint density at radius 3 is 2.32 bits per heavy atom. The van der Waals surface area contributed by atoms with Crippen molar-refractivity contribution >= 4 is 17.8 Å². The zero-order chi connectivity index (χ0) is 24.4. The molecule has 0 bridgehead atoms. The molecule has 0 spiro atoms. The zero-order valence-corrected chi connectivity index (χ0v) is 19.3. The Kier molecular flexibility index (Phi) is 4.85. The molecule has 10 nitrogen and oxygen atoms in total. The third kappa shape index (κ3) is 2.42. The van der Waals surface area contributed by atoms with Crippen LogP contribution in [-0.2, 0) is 26.2 Å². The van der Waals surface area contributed by atoms with Gasteiger partial charge < -0.3 is 33.3 Å². The number of nitrogens with zero attached hydrogens (tertiary/aromatic N) is 1. The summed E-state index contributed by atoms with van der Waals surface area (Å²) in [6.07, 6.45) is 0.446. The second-order valence-corrected chi connectivity index (χ2v) is 8.08. The van der Waals surface area contributed by atoms with E-state index in [1.165, 1.54) is 46.5 Å². The molecule has 34 heavy (non-hydrogen) atoms. The highest BCUT2D eigenvalue weighted by Gasteiger charge is 2.68. The number of benzene rings is 2. The summed E-state index contributed by atoms with van der Waals surface area (Å²) < 4.78 is 32.8. The van der Waals surface area contributed by atoms with Crippen molar-refractivity contribution in [2.45, 2.75) is 17.9 Å². The number of hydrogen-bond donors (Lipinski definition) is 0. The number of hydrogen-bond acceptors (Lipinski definition) is 9. The summed E-state index contributed by atoms with van der Waals surface area (Å²) in [5.41, 5.74) is -0.470. The van der Waals surface area contributed by atoms with Gasteiger partial charge in [0.05, 0.1) is 47.2 Å². The molecule has 1 amide bonds. The van der Waals surface area contributed by atoms with Crippen molar-refractivity contribution in [3.05, 3.63) is 40.5 Å². The molecule has 5 rings (SSSR count). The van der Waals surface area contributed by atoms with Crippen LogP contribution in [0, 0.1) is 0 Å². The highest BCUT2D eigenvalue weighted by molar-refractivity contribution is 6.16. The lowest BCUT2D eigenvalue weighted by Crippen LogP contribution is -2.64. The minimum Gasteiger partial charge on any atom is -0.493 e. The predicted octanol–water partition coefficient (Wildman–Crippen LogP) is 1.80. The molecule has 0 N–H and O–H groups in total. The van der Waals surface area contributed by atoms with Crippen LogP contribution >= 0.6 is 0 Å². The molecule has 178 valence electrons. The van der Waals surface area contributed by atoms with E-state index in [1.807, 2.05) is 0 Å². The lowest BCUT2D eigenvalue weighted by molar-refractivity contribution is -0.165. The SMILES string of the molecule is COC(=O)[C@]12C(=O)Oc3c(OC)c(OC)cc4c3[C@@H]1N(CC4)C(=O)c1c2ccc(OC)c1OC. The van der Waals surface area contributed by atoms with Crippen molar-refractivity contribution in [2.75, 3.05) is 42.1 Å². The summed E-state index contributed by atoms with van der Waals surface area (Å²) >= 11 is 0. The van der Waals surface area contributed by atoms with Crippen LogP contribution in [0.3, 0.4) is 0 Å². The molecule has 0 unspecified atom stereocenters. The van der Waals surface area contributed by atoms with E-state index in [-0.39, 0.29) is 34.9 Å². The van der Waals surface area contributed by atoms with Gasteiger partial charge in [0.15, 0.2) is 23.0 Å². The van der Waals surface area contributed by atoms with Crippen molar-refractivity contribution in [3.8, 4) is 28.7 Å². The molecule has 0 saturated carbocycles. The van der Waals surface area contributed by atoms with Gasteiger partial charge >= 0.3 is 11.9 Å². The van der Waals surface area contributed by atoms with Crippen LogP contribution in [0.5, 0.6) is 28.7 Å². The van der Waals surface area contributed by atoms with Gasteiger partial charge in [0, 0.05) is 12.1 Å². The lowest BCUT2D eigenvalue weighted by atomic mass is 9.63. The van der Waals surface area contributed by atoms with E-state index < -0.39 is 29.3 Å². The number of ether oxygens (including phenoxy) is 6. The molecule has 0 fully saturated rings. The van der Waals surface area contributed by atoms with Gasteiger partial charge in [-0.05, 0) is 29.7 Å². The molecule has 0 radical (unpaired) electrons. The van der Waals surface area contributed by atoms with Crippen molar-refractivity contribution in [1.29, 1.82) is 0 Å². The smallest absolute Gasteiger partial charge is 0.336 e. The van der Waals surface area contributed by atoms with E-state index in [2.05, 4.69) is 0 Å². The first-order valence-electron chi connectivity index (χ1n) is 10.5. The Bertz CT molecular complexity index is 1250. The van der Waals surface area contributed by atoms with E-state index in [0.717, 1.165) is 5.56 Å². The number of carbonyl (C=O) groups excluding carboxylic acids is 3. The lowest BCUT2D eigenvalue weighted by Gasteiger charge is -2.52. The van der Waals surface area contributed by atoms with Crippen molar-refractivity contribution in [3.63, 3.8) is 0 Å². The molecule has 0 aliphatic carbocycles. The number of carbonyl (C=O) groups is 3. The molecule has 0 saturated heterocycles. The van der Waals surface area contributed by atoms with Gasteiger partial charge in [-0.3, -0.25) is 9.59 Å². The van der Waals surface area contributed by atoms with E-state index in [1.54, 1.807) is 12.1 Å². The van der Waals surface area contributed by atoms with Crippen LogP contribution in [0.1, 0.15) is 33.1 Å². The first-order valence-corrected chi connectivity index (χ1v) is 10.5. The Morgan fingerprint density at radius 1 is 1.00 bits per heavy atom. The van der Waals surface area contributed by atoms with Crippen molar-refractivity contribution in [1.82, 2.24) is 4.90 Å². The minimum absolute atomic E-state index is 0.0628. The quantitative estimate of drug-likeness (QED) is 0.368. The van der Waals surface area contributed by atoms with Gasteiger partial charge in [0.2, 0.25) is 11.2 Å². The molecule has 3 heterocycles. The molecule has 10 heteroatoms. The van der Waals surface area contributed by atoms with E-state index in [0.29, 0.717) is 23.5 Å². The number of methoxy groups -OCH3 is 5. The average molecular weight is 469 g/mol. The number of esters is 2. The van der Waals surface area contributed by atoms with Crippen LogP contribution in [0.15, 0.2) is 18.2 Å². The zero-order valence-electron chi connectivity index (χ0n) is 19.3. The molecule has 2 aromatic carbocycles. The second-order valence-electron chi connectivity index (χ2n) is 8.08. The van der Waals surface area contributed by atoms with Gasteiger partial charge in [-0.15, -0.1) is 0 Å². The number of fused-ring (bicyclic) bond motifs is 2. The Morgan fingerprint density at radius 2 is 1.71 bits per heavy atom. The standard InChI is InChI=1S/C24H23NO9/c1-29-13-7-6-12-16(17(13)31-3)21(26)25-9-8-11-10-14(30-2)18(32-4)19-15(11)20(25)24(12,22(27)33-5)23(28)34-19/h6-7,10,20H,8-9H2,1-5H3/t20-,24+/m0/s1. The fraction of sp³-hybridized carbons (Fsp3) is 0.375. The van der Waals surface area contributed by atoms with Gasteiger partial charge in [0.1, 0.15) is 0 Å². The fourth-order valence-corrected chi connectivity index (χ4v) is 5.45. The Labute approximate surface area is 195 Å². The third-order valence-electron chi connectivity index (χ3n) is 6.84. The predicted molar refractivity (Wildman–Crippen MR) is 116 cm³/mol. The number of amides is 1. The highest BCUT2D eigenvalue weighted by Crippen LogP contribution is 2.61. The summed E-state index contributed by atoms with van der Waals surface area (Å²) in [5, 5.41) is 0. The largest absolute Gasteiger partial charge is 0.493 e. The highest BCUT2D eigenvalue weighted by atomic mass is 16.6. The maximum atomic E-state index is 13.9. The Hall–Kier alpha value is -3.95. The number of rotatable bonds is 5. The van der Waals surface area contributed by atoms with Gasteiger partial charge in [-0.1, -0.05) is 6.07 Å². The van der Waals surface area contributed by atoms with Crippen LogP contribution in [0.4, 0.5) is 0 Å². The van der Waals surface area contributed by atoms with Crippen LogP contribution < -0.4 is 23.7 Å². The van der Waals surface area contributed by atoms with Crippen molar-refractivity contribution in [2.24, 2.45) is 0 Å².